The Balaban J connectivity index is 1.59. The summed E-state index contributed by atoms with van der Waals surface area (Å²) in [5, 5.41) is 19.9. The molecule has 0 spiro atoms. The first-order valence-corrected chi connectivity index (χ1v) is 9.21. The van der Waals surface area contributed by atoms with E-state index in [0.717, 1.165) is 35.1 Å². The number of aryl methyl sites for hydroxylation is 1. The van der Waals surface area contributed by atoms with E-state index in [2.05, 4.69) is 14.8 Å². The first kappa shape index (κ1) is 15.0. The molecule has 4 fully saturated rings. The highest BCUT2D eigenvalue weighted by molar-refractivity contribution is 5.43. The predicted octanol–water partition coefficient (Wildman–Crippen LogP) is 3.95. The fraction of sp³-hybridized carbons (Fsp3) is 0.579. The number of rotatable bonds is 3. The van der Waals surface area contributed by atoms with Gasteiger partial charge in [-0.2, -0.15) is 0 Å². The second-order valence-corrected chi connectivity index (χ2v) is 8.38. The fourth-order valence-corrected chi connectivity index (χ4v) is 6.12. The van der Waals surface area contributed by atoms with Crippen LogP contribution in [0.5, 0.6) is 0 Å². The minimum absolute atomic E-state index is 0.117. The quantitative estimate of drug-likeness (QED) is 0.627. The maximum atomic E-state index is 10.9. The molecular weight excluding hydrogens is 316 g/mol. The number of non-ortho nitro benzene ring substituents is 1. The monoisotopic (exact) mass is 338 g/mol. The molecule has 0 atom stereocenters. The summed E-state index contributed by atoms with van der Waals surface area (Å²) in [4.78, 5) is 10.6. The lowest BCUT2D eigenvalue weighted by Gasteiger charge is -2.56. The Bertz CT molecular complexity index is 804. The van der Waals surface area contributed by atoms with Crippen molar-refractivity contribution in [1.82, 2.24) is 14.8 Å². The van der Waals surface area contributed by atoms with Crippen molar-refractivity contribution >= 4 is 5.69 Å². The van der Waals surface area contributed by atoms with Crippen LogP contribution < -0.4 is 0 Å². The van der Waals surface area contributed by atoms with Gasteiger partial charge < -0.3 is 0 Å². The average Bonchev–Trinajstić information content (AvgIpc) is 2.96. The molecule has 1 heterocycles. The summed E-state index contributed by atoms with van der Waals surface area (Å²) in [6.45, 7) is 1.97. The zero-order valence-electron chi connectivity index (χ0n) is 14.4. The summed E-state index contributed by atoms with van der Waals surface area (Å²) in [6, 6.07) is 6.77. The molecule has 25 heavy (non-hydrogen) atoms. The third-order valence-electron chi connectivity index (χ3n) is 6.66. The zero-order chi connectivity index (χ0) is 17.2. The van der Waals surface area contributed by atoms with E-state index in [1.54, 1.807) is 12.1 Å². The summed E-state index contributed by atoms with van der Waals surface area (Å²) < 4.78 is 2.14. The van der Waals surface area contributed by atoms with Crippen LogP contribution in [0.15, 0.2) is 24.3 Å². The van der Waals surface area contributed by atoms with Crippen molar-refractivity contribution in [1.29, 1.82) is 0 Å². The summed E-state index contributed by atoms with van der Waals surface area (Å²) >= 11 is 0. The standard InChI is InChI=1S/C19H22N4O2/c1-12-20-21-18(22(12)16-2-4-17(5-3-16)23(24)25)19-9-13-6-14(10-19)8-15(7-13)11-19/h2-5,13-15H,6-11H2,1H3. The van der Waals surface area contributed by atoms with Gasteiger partial charge in [0, 0.05) is 23.2 Å². The average molecular weight is 338 g/mol. The van der Waals surface area contributed by atoms with Crippen molar-refractivity contribution in [3.05, 3.63) is 46.0 Å². The Morgan fingerprint density at radius 1 is 1.04 bits per heavy atom. The molecule has 0 radical (unpaired) electrons. The van der Waals surface area contributed by atoms with Crippen molar-refractivity contribution < 1.29 is 4.92 Å². The number of hydrogen-bond acceptors (Lipinski definition) is 4. The summed E-state index contributed by atoms with van der Waals surface area (Å²) in [6.07, 6.45) is 7.86. The van der Waals surface area contributed by atoms with Crippen LogP contribution in [0.3, 0.4) is 0 Å². The number of benzene rings is 1. The second-order valence-electron chi connectivity index (χ2n) is 8.38. The Morgan fingerprint density at radius 2 is 1.60 bits per heavy atom. The largest absolute Gasteiger partial charge is 0.283 e. The third kappa shape index (κ3) is 2.23. The van der Waals surface area contributed by atoms with Crippen LogP contribution in [-0.4, -0.2) is 19.7 Å². The van der Waals surface area contributed by atoms with Gasteiger partial charge in [0.1, 0.15) is 11.6 Å². The molecule has 130 valence electrons. The molecular formula is C19H22N4O2. The molecule has 1 aromatic carbocycles. The fourth-order valence-electron chi connectivity index (χ4n) is 6.12. The van der Waals surface area contributed by atoms with E-state index in [9.17, 15) is 10.1 Å². The van der Waals surface area contributed by atoms with Gasteiger partial charge in [0.2, 0.25) is 0 Å². The van der Waals surface area contributed by atoms with Gasteiger partial charge in [-0.1, -0.05) is 0 Å². The van der Waals surface area contributed by atoms with Gasteiger partial charge in [-0.15, -0.1) is 10.2 Å². The number of hydrogen-bond donors (Lipinski definition) is 0. The molecule has 6 rings (SSSR count). The lowest BCUT2D eigenvalue weighted by Crippen LogP contribution is -2.49. The Kier molecular flexibility index (Phi) is 3.09. The molecule has 0 unspecified atom stereocenters. The van der Waals surface area contributed by atoms with Crippen LogP contribution in [0.4, 0.5) is 5.69 Å². The Hall–Kier alpha value is -2.24. The van der Waals surface area contributed by atoms with E-state index >= 15 is 0 Å². The Labute approximate surface area is 146 Å². The molecule has 0 N–H and O–H groups in total. The Morgan fingerprint density at radius 3 is 2.12 bits per heavy atom. The maximum absolute atomic E-state index is 10.9. The van der Waals surface area contributed by atoms with Crippen molar-refractivity contribution in [3.8, 4) is 5.69 Å². The number of aromatic nitrogens is 3. The van der Waals surface area contributed by atoms with Crippen LogP contribution in [0.1, 0.15) is 50.2 Å². The van der Waals surface area contributed by atoms with E-state index < -0.39 is 0 Å². The van der Waals surface area contributed by atoms with Gasteiger partial charge in [-0.05, 0) is 75.3 Å². The third-order valence-corrected chi connectivity index (χ3v) is 6.66. The molecule has 4 aliphatic carbocycles. The number of nitro groups is 1. The van der Waals surface area contributed by atoms with Gasteiger partial charge in [0.25, 0.3) is 5.69 Å². The van der Waals surface area contributed by atoms with Crippen LogP contribution in [0.2, 0.25) is 0 Å². The van der Waals surface area contributed by atoms with Crippen molar-refractivity contribution in [2.24, 2.45) is 17.8 Å². The van der Waals surface area contributed by atoms with Crippen molar-refractivity contribution in [2.45, 2.75) is 50.9 Å². The van der Waals surface area contributed by atoms with Gasteiger partial charge in [-0.25, -0.2) is 0 Å². The molecule has 1 aromatic heterocycles. The second kappa shape index (κ2) is 5.13. The molecule has 0 aliphatic heterocycles. The normalized spacial score (nSPS) is 32.9. The van der Waals surface area contributed by atoms with Gasteiger partial charge in [-0.3, -0.25) is 14.7 Å². The van der Waals surface area contributed by atoms with Crippen LogP contribution in [0.25, 0.3) is 5.69 Å². The SMILES string of the molecule is Cc1nnc(C23CC4CC(CC(C4)C2)C3)n1-c1ccc([N+](=O)[O-])cc1. The van der Waals surface area contributed by atoms with E-state index in [4.69, 9.17) is 0 Å². The van der Waals surface area contributed by atoms with Gasteiger partial charge in [0.15, 0.2) is 0 Å². The lowest BCUT2D eigenvalue weighted by atomic mass is 9.49. The van der Waals surface area contributed by atoms with E-state index in [1.165, 1.54) is 38.5 Å². The molecule has 2 aromatic rings. The zero-order valence-corrected chi connectivity index (χ0v) is 14.4. The van der Waals surface area contributed by atoms with Crippen molar-refractivity contribution in [3.63, 3.8) is 0 Å². The van der Waals surface area contributed by atoms with E-state index in [0.29, 0.717) is 0 Å². The minimum Gasteiger partial charge on any atom is -0.283 e. The predicted molar refractivity (Wildman–Crippen MR) is 92.6 cm³/mol. The molecule has 4 saturated carbocycles. The molecule has 4 aliphatic rings. The molecule has 4 bridgehead atoms. The van der Waals surface area contributed by atoms with Crippen molar-refractivity contribution in [2.75, 3.05) is 0 Å². The van der Waals surface area contributed by atoms with Crippen LogP contribution in [0, 0.1) is 34.8 Å². The van der Waals surface area contributed by atoms with E-state index in [-0.39, 0.29) is 16.0 Å². The smallest absolute Gasteiger partial charge is 0.269 e. The maximum Gasteiger partial charge on any atom is 0.269 e. The van der Waals surface area contributed by atoms with E-state index in [1.807, 2.05) is 19.1 Å². The highest BCUT2D eigenvalue weighted by Crippen LogP contribution is 2.60. The number of nitrogens with zero attached hydrogens (tertiary/aromatic N) is 4. The first-order valence-electron chi connectivity index (χ1n) is 9.21. The highest BCUT2D eigenvalue weighted by Gasteiger charge is 2.54. The summed E-state index contributed by atoms with van der Waals surface area (Å²) in [5.41, 5.74) is 1.20. The van der Waals surface area contributed by atoms with Gasteiger partial charge in [0.05, 0.1) is 4.92 Å². The molecule has 0 amide bonds. The first-order chi connectivity index (χ1) is 12.0. The molecule has 6 heteroatoms. The lowest BCUT2D eigenvalue weighted by molar-refractivity contribution is -0.384. The topological polar surface area (TPSA) is 73.8 Å². The number of nitro benzene ring substituents is 1. The summed E-state index contributed by atoms with van der Waals surface area (Å²) in [5.74, 6) is 4.47. The van der Waals surface area contributed by atoms with Gasteiger partial charge >= 0.3 is 0 Å². The molecule has 0 saturated heterocycles. The van der Waals surface area contributed by atoms with Crippen LogP contribution >= 0.6 is 0 Å². The van der Waals surface area contributed by atoms with Crippen LogP contribution in [-0.2, 0) is 5.41 Å². The highest BCUT2D eigenvalue weighted by atomic mass is 16.6. The minimum atomic E-state index is -0.358. The molecule has 6 nitrogen and oxygen atoms in total. The summed E-state index contributed by atoms with van der Waals surface area (Å²) in [7, 11) is 0.